The van der Waals surface area contributed by atoms with Gasteiger partial charge in [-0.05, 0) is 48.2 Å². The number of ether oxygens (including phenoxy) is 1. The van der Waals surface area contributed by atoms with E-state index in [-0.39, 0.29) is 0 Å². The third-order valence-electron chi connectivity index (χ3n) is 4.59. The molecule has 23 heavy (non-hydrogen) atoms. The molecule has 1 aliphatic rings. The third-order valence-corrected chi connectivity index (χ3v) is 4.82. The predicted octanol–water partition coefficient (Wildman–Crippen LogP) is 3.83. The predicted molar refractivity (Wildman–Crippen MR) is 92.9 cm³/mol. The van der Waals surface area contributed by atoms with Gasteiger partial charge in [0.05, 0.1) is 12.7 Å². The summed E-state index contributed by atoms with van der Waals surface area (Å²) in [5.41, 5.74) is 1.39. The van der Waals surface area contributed by atoms with Gasteiger partial charge in [0.25, 0.3) is 0 Å². The number of hydrogen-bond donors (Lipinski definition) is 1. The number of nitrogens with zero attached hydrogens (tertiary/aromatic N) is 1. The number of halogens is 1. The molecule has 3 rings (SSSR count). The number of methoxy groups -OCH3 is 1. The quantitative estimate of drug-likeness (QED) is 0.924. The van der Waals surface area contributed by atoms with E-state index in [9.17, 15) is 5.11 Å². The Morgan fingerprint density at radius 2 is 1.87 bits per heavy atom. The summed E-state index contributed by atoms with van der Waals surface area (Å²) in [7, 11) is 1.69. The molecule has 122 valence electrons. The molecule has 0 saturated carbocycles. The molecule has 3 nitrogen and oxygen atoms in total. The van der Waals surface area contributed by atoms with Crippen LogP contribution in [0.5, 0.6) is 5.75 Å². The van der Waals surface area contributed by atoms with Crippen LogP contribution in [-0.2, 0) is 12.1 Å². The second kappa shape index (κ2) is 6.91. The van der Waals surface area contributed by atoms with Gasteiger partial charge >= 0.3 is 0 Å². The van der Waals surface area contributed by atoms with Gasteiger partial charge < -0.3 is 9.84 Å². The molecule has 1 aliphatic heterocycles. The average molecular weight is 332 g/mol. The van der Waals surface area contributed by atoms with Crippen LogP contribution >= 0.6 is 11.6 Å². The number of piperidine rings is 1. The summed E-state index contributed by atoms with van der Waals surface area (Å²) in [4.78, 5) is 2.37. The number of benzene rings is 2. The summed E-state index contributed by atoms with van der Waals surface area (Å²) in [6.07, 6.45) is 1.44. The normalized spacial score (nSPS) is 17.9. The van der Waals surface area contributed by atoms with Crippen LogP contribution in [0.25, 0.3) is 0 Å². The first-order chi connectivity index (χ1) is 11.1. The Hall–Kier alpha value is -1.55. The van der Waals surface area contributed by atoms with Crippen molar-refractivity contribution < 1.29 is 9.84 Å². The van der Waals surface area contributed by atoms with Crippen LogP contribution in [0.2, 0.25) is 5.02 Å². The molecule has 0 bridgehead atoms. The first-order valence-electron chi connectivity index (χ1n) is 7.93. The van der Waals surface area contributed by atoms with Gasteiger partial charge in [0, 0.05) is 24.7 Å². The Bertz CT molecular complexity index is 666. The molecule has 0 atom stereocenters. The Labute approximate surface area is 142 Å². The summed E-state index contributed by atoms with van der Waals surface area (Å²) in [6.45, 7) is 2.60. The van der Waals surface area contributed by atoms with Gasteiger partial charge in [-0.15, -0.1) is 0 Å². The Morgan fingerprint density at radius 1 is 1.13 bits per heavy atom. The van der Waals surface area contributed by atoms with Crippen LogP contribution in [-0.4, -0.2) is 30.2 Å². The monoisotopic (exact) mass is 331 g/mol. The first kappa shape index (κ1) is 16.3. The van der Waals surface area contributed by atoms with Crippen molar-refractivity contribution in [2.45, 2.75) is 25.0 Å². The zero-order valence-corrected chi connectivity index (χ0v) is 14.1. The molecule has 1 saturated heterocycles. The minimum Gasteiger partial charge on any atom is -0.497 e. The van der Waals surface area contributed by atoms with Crippen molar-refractivity contribution in [3.05, 3.63) is 64.7 Å². The molecule has 1 N–H and O–H groups in total. The molecule has 0 aliphatic carbocycles. The molecule has 2 aromatic rings. The molecular formula is C19H22ClNO2. The number of hydrogen-bond acceptors (Lipinski definition) is 3. The van der Waals surface area contributed by atoms with E-state index < -0.39 is 5.60 Å². The van der Waals surface area contributed by atoms with Crippen molar-refractivity contribution in [3.63, 3.8) is 0 Å². The maximum atomic E-state index is 10.9. The molecule has 1 fully saturated rings. The third kappa shape index (κ3) is 3.86. The summed E-state index contributed by atoms with van der Waals surface area (Å²) >= 11 is 6.06. The van der Waals surface area contributed by atoms with Gasteiger partial charge in [0.2, 0.25) is 0 Å². The lowest BCUT2D eigenvalue weighted by Crippen LogP contribution is -2.42. The number of aliphatic hydroxyl groups is 1. The highest BCUT2D eigenvalue weighted by Crippen LogP contribution is 2.34. The SMILES string of the molecule is COc1cccc(CN2CCC(O)(c3cccc(Cl)c3)CC2)c1. The number of likely N-dealkylation sites (tertiary alicyclic amines) is 1. The fourth-order valence-electron chi connectivity index (χ4n) is 3.18. The molecule has 0 unspecified atom stereocenters. The average Bonchev–Trinajstić information content (AvgIpc) is 2.57. The highest BCUT2D eigenvalue weighted by Gasteiger charge is 2.33. The van der Waals surface area contributed by atoms with Crippen LogP contribution in [0, 0.1) is 0 Å². The number of rotatable bonds is 4. The molecule has 0 aromatic heterocycles. The second-order valence-electron chi connectivity index (χ2n) is 6.17. The molecule has 0 spiro atoms. The lowest BCUT2D eigenvalue weighted by Gasteiger charge is -2.38. The minimum atomic E-state index is -0.768. The largest absolute Gasteiger partial charge is 0.497 e. The van der Waals surface area contributed by atoms with E-state index in [4.69, 9.17) is 16.3 Å². The summed E-state index contributed by atoms with van der Waals surface area (Å²) in [5, 5.41) is 11.6. The van der Waals surface area contributed by atoms with Crippen LogP contribution in [0.1, 0.15) is 24.0 Å². The lowest BCUT2D eigenvalue weighted by molar-refractivity contribution is -0.0277. The lowest BCUT2D eigenvalue weighted by atomic mass is 9.84. The van der Waals surface area contributed by atoms with Crippen molar-refractivity contribution >= 4 is 11.6 Å². The highest BCUT2D eigenvalue weighted by atomic mass is 35.5. The van der Waals surface area contributed by atoms with E-state index in [1.165, 1.54) is 5.56 Å². The van der Waals surface area contributed by atoms with Crippen molar-refractivity contribution in [2.75, 3.05) is 20.2 Å². The molecule has 0 radical (unpaired) electrons. The van der Waals surface area contributed by atoms with Crippen molar-refractivity contribution in [3.8, 4) is 5.75 Å². The van der Waals surface area contributed by atoms with Gasteiger partial charge in [0.1, 0.15) is 5.75 Å². The van der Waals surface area contributed by atoms with E-state index >= 15 is 0 Å². The Morgan fingerprint density at radius 3 is 2.57 bits per heavy atom. The minimum absolute atomic E-state index is 0.676. The highest BCUT2D eigenvalue weighted by molar-refractivity contribution is 6.30. The summed E-state index contributed by atoms with van der Waals surface area (Å²) in [5.74, 6) is 0.884. The van der Waals surface area contributed by atoms with Gasteiger partial charge in [0.15, 0.2) is 0 Å². The van der Waals surface area contributed by atoms with Crippen LogP contribution in [0.4, 0.5) is 0 Å². The molecular weight excluding hydrogens is 310 g/mol. The summed E-state index contributed by atoms with van der Waals surface area (Å²) in [6, 6.07) is 15.7. The van der Waals surface area contributed by atoms with E-state index in [2.05, 4.69) is 17.0 Å². The van der Waals surface area contributed by atoms with Crippen molar-refractivity contribution in [1.82, 2.24) is 4.90 Å². The first-order valence-corrected chi connectivity index (χ1v) is 8.31. The topological polar surface area (TPSA) is 32.7 Å². The van der Waals surface area contributed by atoms with E-state index in [1.54, 1.807) is 7.11 Å². The Kier molecular flexibility index (Phi) is 4.90. The zero-order valence-electron chi connectivity index (χ0n) is 13.3. The van der Waals surface area contributed by atoms with Gasteiger partial charge in [-0.3, -0.25) is 4.90 Å². The smallest absolute Gasteiger partial charge is 0.119 e. The fourth-order valence-corrected chi connectivity index (χ4v) is 3.37. The Balaban J connectivity index is 1.63. The second-order valence-corrected chi connectivity index (χ2v) is 6.61. The van der Waals surface area contributed by atoms with E-state index in [0.717, 1.165) is 43.8 Å². The van der Waals surface area contributed by atoms with E-state index in [1.807, 2.05) is 36.4 Å². The standard InChI is InChI=1S/C19H22ClNO2/c1-23-18-7-2-4-15(12-18)14-21-10-8-19(22,9-11-21)16-5-3-6-17(20)13-16/h2-7,12-13,22H,8-11,14H2,1H3. The van der Waals surface area contributed by atoms with Crippen LogP contribution in [0.3, 0.4) is 0 Å². The molecule has 2 aromatic carbocycles. The van der Waals surface area contributed by atoms with Crippen LogP contribution in [0.15, 0.2) is 48.5 Å². The maximum Gasteiger partial charge on any atom is 0.119 e. The van der Waals surface area contributed by atoms with Gasteiger partial charge in [-0.1, -0.05) is 35.9 Å². The molecule has 0 amide bonds. The van der Waals surface area contributed by atoms with Crippen LogP contribution < -0.4 is 4.74 Å². The van der Waals surface area contributed by atoms with Crippen molar-refractivity contribution in [2.24, 2.45) is 0 Å². The van der Waals surface area contributed by atoms with Crippen molar-refractivity contribution in [1.29, 1.82) is 0 Å². The fraction of sp³-hybridized carbons (Fsp3) is 0.368. The molecule has 1 heterocycles. The van der Waals surface area contributed by atoms with Gasteiger partial charge in [-0.2, -0.15) is 0 Å². The maximum absolute atomic E-state index is 10.9. The summed E-state index contributed by atoms with van der Waals surface area (Å²) < 4.78 is 5.28. The molecule has 4 heteroatoms. The van der Waals surface area contributed by atoms with E-state index in [0.29, 0.717) is 5.02 Å². The zero-order chi connectivity index (χ0) is 16.3. The van der Waals surface area contributed by atoms with Gasteiger partial charge in [-0.25, -0.2) is 0 Å².